The van der Waals surface area contributed by atoms with E-state index < -0.39 is 5.54 Å². The van der Waals surface area contributed by atoms with E-state index in [1.165, 1.54) is 0 Å². The summed E-state index contributed by atoms with van der Waals surface area (Å²) in [6.45, 7) is 3.88. The van der Waals surface area contributed by atoms with Gasteiger partial charge >= 0.3 is 0 Å². The number of carbonyl (C=O) groups is 1. The lowest BCUT2D eigenvalue weighted by molar-refractivity contribution is 0.0920. The van der Waals surface area contributed by atoms with Crippen LogP contribution in [-0.4, -0.2) is 11.4 Å². The molecule has 2 rings (SSSR count). The fourth-order valence-electron chi connectivity index (χ4n) is 2.51. The Morgan fingerprint density at radius 1 is 1.33 bits per heavy atom. The molecule has 0 heterocycles. The van der Waals surface area contributed by atoms with E-state index in [2.05, 4.69) is 11.4 Å². The van der Waals surface area contributed by atoms with E-state index in [0.29, 0.717) is 5.56 Å². The second-order valence-electron chi connectivity index (χ2n) is 5.17. The minimum absolute atomic E-state index is 0.125. The Morgan fingerprint density at radius 3 is 2.61 bits per heavy atom. The highest BCUT2D eigenvalue weighted by molar-refractivity contribution is 5.96. The van der Waals surface area contributed by atoms with Gasteiger partial charge in [0, 0.05) is 5.56 Å². The molecule has 1 aliphatic rings. The van der Waals surface area contributed by atoms with Crippen LogP contribution < -0.4 is 5.32 Å². The molecule has 1 aromatic carbocycles. The predicted molar refractivity (Wildman–Crippen MR) is 70.2 cm³/mol. The van der Waals surface area contributed by atoms with Gasteiger partial charge in [0.2, 0.25) is 0 Å². The quantitative estimate of drug-likeness (QED) is 0.867. The molecule has 18 heavy (non-hydrogen) atoms. The summed E-state index contributed by atoms with van der Waals surface area (Å²) < 4.78 is 0. The van der Waals surface area contributed by atoms with E-state index in [0.717, 1.165) is 36.8 Å². The van der Waals surface area contributed by atoms with Crippen molar-refractivity contribution in [2.45, 2.75) is 45.1 Å². The first kappa shape index (κ1) is 12.6. The summed E-state index contributed by atoms with van der Waals surface area (Å²) >= 11 is 0. The topological polar surface area (TPSA) is 52.9 Å². The molecule has 1 aromatic rings. The maximum Gasteiger partial charge on any atom is 0.252 e. The van der Waals surface area contributed by atoms with Gasteiger partial charge in [0.15, 0.2) is 0 Å². The van der Waals surface area contributed by atoms with Crippen molar-refractivity contribution in [3.63, 3.8) is 0 Å². The number of hydrogen-bond donors (Lipinski definition) is 1. The molecule has 1 aliphatic carbocycles. The number of nitrogens with zero attached hydrogens (tertiary/aromatic N) is 1. The van der Waals surface area contributed by atoms with Gasteiger partial charge in [0.1, 0.15) is 5.54 Å². The molecule has 0 spiro atoms. The SMILES string of the molecule is Cc1ccc(C)c(C(=O)NC2(C#N)CCCC2)c1. The summed E-state index contributed by atoms with van der Waals surface area (Å²) in [6.07, 6.45) is 3.56. The normalized spacial score (nSPS) is 17.2. The van der Waals surface area contributed by atoms with Crippen molar-refractivity contribution in [1.29, 1.82) is 5.26 Å². The summed E-state index contributed by atoms with van der Waals surface area (Å²) in [7, 11) is 0. The van der Waals surface area contributed by atoms with Crippen molar-refractivity contribution >= 4 is 5.91 Å². The Bertz CT molecular complexity index is 508. The van der Waals surface area contributed by atoms with Crippen LogP contribution in [0.15, 0.2) is 18.2 Å². The molecule has 3 nitrogen and oxygen atoms in total. The molecule has 3 heteroatoms. The van der Waals surface area contributed by atoms with E-state index in [1.54, 1.807) is 0 Å². The molecule has 1 amide bonds. The van der Waals surface area contributed by atoms with Crippen LogP contribution in [0.25, 0.3) is 0 Å². The number of hydrogen-bond acceptors (Lipinski definition) is 2. The smallest absolute Gasteiger partial charge is 0.252 e. The van der Waals surface area contributed by atoms with Gasteiger partial charge in [0.25, 0.3) is 5.91 Å². The second-order valence-corrected chi connectivity index (χ2v) is 5.17. The van der Waals surface area contributed by atoms with E-state index in [1.807, 2.05) is 32.0 Å². The highest BCUT2D eigenvalue weighted by atomic mass is 16.1. The Hall–Kier alpha value is -1.82. The van der Waals surface area contributed by atoms with Gasteiger partial charge in [-0.2, -0.15) is 5.26 Å². The molecule has 0 aromatic heterocycles. The molecule has 1 saturated carbocycles. The number of aryl methyl sites for hydroxylation is 2. The Labute approximate surface area is 108 Å². The number of nitrogens with one attached hydrogen (secondary N) is 1. The predicted octanol–water partition coefficient (Wildman–Crippen LogP) is 2.87. The minimum atomic E-state index is -0.646. The van der Waals surface area contributed by atoms with Crippen LogP contribution >= 0.6 is 0 Å². The first-order valence-electron chi connectivity index (χ1n) is 6.37. The molecule has 1 fully saturated rings. The number of benzene rings is 1. The number of amides is 1. The van der Waals surface area contributed by atoms with Crippen LogP contribution in [0, 0.1) is 25.2 Å². The number of rotatable bonds is 2. The van der Waals surface area contributed by atoms with Gasteiger partial charge in [-0.25, -0.2) is 0 Å². The lowest BCUT2D eigenvalue weighted by Crippen LogP contribution is -2.45. The molecule has 94 valence electrons. The average molecular weight is 242 g/mol. The third kappa shape index (κ3) is 2.38. The minimum Gasteiger partial charge on any atom is -0.334 e. The van der Waals surface area contributed by atoms with Crippen LogP contribution in [-0.2, 0) is 0 Å². The highest BCUT2D eigenvalue weighted by Crippen LogP contribution is 2.29. The highest BCUT2D eigenvalue weighted by Gasteiger charge is 2.35. The van der Waals surface area contributed by atoms with Crippen LogP contribution in [0.5, 0.6) is 0 Å². The van der Waals surface area contributed by atoms with E-state index in [9.17, 15) is 10.1 Å². The molecule has 0 atom stereocenters. The second kappa shape index (κ2) is 4.81. The molecule has 0 bridgehead atoms. The van der Waals surface area contributed by atoms with E-state index in [4.69, 9.17) is 0 Å². The summed E-state index contributed by atoms with van der Waals surface area (Å²) in [6, 6.07) is 8.09. The summed E-state index contributed by atoms with van der Waals surface area (Å²) in [5.41, 5.74) is 2.04. The third-order valence-electron chi connectivity index (χ3n) is 3.66. The van der Waals surface area contributed by atoms with Gasteiger partial charge in [-0.1, -0.05) is 17.7 Å². The Balaban J connectivity index is 2.22. The largest absolute Gasteiger partial charge is 0.334 e. The fraction of sp³-hybridized carbons (Fsp3) is 0.467. The monoisotopic (exact) mass is 242 g/mol. The van der Waals surface area contributed by atoms with Crippen molar-refractivity contribution in [1.82, 2.24) is 5.32 Å². The standard InChI is InChI=1S/C15H18N2O/c1-11-5-6-12(2)13(9-11)14(18)17-15(10-16)7-3-4-8-15/h5-6,9H,3-4,7-8H2,1-2H3,(H,17,18). The maximum absolute atomic E-state index is 12.3. The fourth-order valence-corrected chi connectivity index (χ4v) is 2.51. The zero-order valence-corrected chi connectivity index (χ0v) is 10.9. The Kier molecular flexibility index (Phi) is 3.38. The van der Waals surface area contributed by atoms with Gasteiger partial charge in [-0.3, -0.25) is 4.79 Å². The molecule has 0 unspecified atom stereocenters. The maximum atomic E-state index is 12.3. The number of nitriles is 1. The summed E-state index contributed by atoms with van der Waals surface area (Å²) in [5, 5.41) is 12.2. The molecule has 0 saturated heterocycles. The van der Waals surface area contributed by atoms with Crippen molar-refractivity contribution in [3.05, 3.63) is 34.9 Å². The first-order chi connectivity index (χ1) is 8.56. The van der Waals surface area contributed by atoms with Crippen molar-refractivity contribution in [3.8, 4) is 6.07 Å². The van der Waals surface area contributed by atoms with Crippen molar-refractivity contribution in [2.75, 3.05) is 0 Å². The average Bonchev–Trinajstić information content (AvgIpc) is 2.81. The van der Waals surface area contributed by atoms with Crippen LogP contribution in [0.4, 0.5) is 0 Å². The molecule has 0 radical (unpaired) electrons. The van der Waals surface area contributed by atoms with Crippen molar-refractivity contribution < 1.29 is 4.79 Å². The molecule has 0 aliphatic heterocycles. The van der Waals surface area contributed by atoms with Gasteiger partial charge in [0.05, 0.1) is 6.07 Å². The zero-order chi connectivity index (χ0) is 13.2. The molecule has 1 N–H and O–H groups in total. The Morgan fingerprint density at radius 2 is 2.00 bits per heavy atom. The molecular weight excluding hydrogens is 224 g/mol. The third-order valence-corrected chi connectivity index (χ3v) is 3.66. The summed E-state index contributed by atoms with van der Waals surface area (Å²) in [4.78, 5) is 12.3. The van der Waals surface area contributed by atoms with E-state index in [-0.39, 0.29) is 5.91 Å². The van der Waals surface area contributed by atoms with Gasteiger partial charge < -0.3 is 5.32 Å². The van der Waals surface area contributed by atoms with E-state index >= 15 is 0 Å². The summed E-state index contributed by atoms with van der Waals surface area (Å²) in [5.74, 6) is -0.125. The molecular formula is C15H18N2O. The lowest BCUT2D eigenvalue weighted by Gasteiger charge is -2.22. The lowest BCUT2D eigenvalue weighted by atomic mass is 9.98. The van der Waals surface area contributed by atoms with Gasteiger partial charge in [-0.15, -0.1) is 0 Å². The first-order valence-corrected chi connectivity index (χ1v) is 6.37. The zero-order valence-electron chi connectivity index (χ0n) is 10.9. The van der Waals surface area contributed by atoms with Crippen molar-refractivity contribution in [2.24, 2.45) is 0 Å². The van der Waals surface area contributed by atoms with Crippen LogP contribution in [0.3, 0.4) is 0 Å². The number of carbonyl (C=O) groups excluding carboxylic acids is 1. The van der Waals surface area contributed by atoms with Crippen LogP contribution in [0.2, 0.25) is 0 Å². The van der Waals surface area contributed by atoms with Gasteiger partial charge in [-0.05, 0) is 51.2 Å². The van der Waals surface area contributed by atoms with Crippen LogP contribution in [0.1, 0.15) is 47.2 Å².